The number of benzene rings is 1. The van der Waals surface area contributed by atoms with E-state index in [1.165, 1.54) is 32.4 Å². The second-order valence-electron chi connectivity index (χ2n) is 7.04. The quantitative estimate of drug-likeness (QED) is 0.758. The molecular weight excluding hydrogens is 334 g/mol. The van der Waals surface area contributed by atoms with Crippen LogP contribution in [0.15, 0.2) is 18.2 Å². The fraction of sp³-hybridized carbons (Fsp3) is 0.632. The predicted octanol–water partition coefficient (Wildman–Crippen LogP) is 3.11. The lowest BCUT2D eigenvalue weighted by molar-refractivity contribution is 0.00212. The molecule has 0 spiro atoms. The number of fused-ring (bicyclic) bond motifs is 3. The zero-order valence-electron chi connectivity index (χ0n) is 15.4. The highest BCUT2D eigenvalue weighted by molar-refractivity contribution is 7.80. The van der Waals surface area contributed by atoms with Crippen LogP contribution in [0.3, 0.4) is 0 Å². The molecule has 1 aromatic carbocycles. The average Bonchev–Trinajstić information content (AvgIpc) is 2.66. The standard InChI is InChI=1S/C19H29N3O2S/c1-4-13-12-22-6-5-14(13)7-16(22)11-20-19(25)21-15-8-17(23-2)10-18(9-15)24-3/h8-10,13-14,16H,4-7,11-12H2,1-3H3,(H2,20,21,25)/t13-,14+,16-/m1/s1. The van der Waals surface area contributed by atoms with Crippen molar-refractivity contribution < 1.29 is 9.47 Å². The van der Waals surface area contributed by atoms with Crippen LogP contribution < -0.4 is 20.1 Å². The monoisotopic (exact) mass is 363 g/mol. The van der Waals surface area contributed by atoms with E-state index in [1.807, 2.05) is 18.2 Å². The normalized spacial score (nSPS) is 27.6. The number of hydrogen-bond acceptors (Lipinski definition) is 4. The summed E-state index contributed by atoms with van der Waals surface area (Å²) in [6.45, 7) is 5.71. The summed E-state index contributed by atoms with van der Waals surface area (Å²) in [6, 6.07) is 6.27. The Labute approximate surface area is 156 Å². The summed E-state index contributed by atoms with van der Waals surface area (Å²) in [5, 5.41) is 7.27. The number of ether oxygens (including phenoxy) is 2. The molecule has 1 unspecified atom stereocenters. The van der Waals surface area contributed by atoms with Crippen molar-refractivity contribution in [1.82, 2.24) is 10.2 Å². The van der Waals surface area contributed by atoms with Crippen molar-refractivity contribution in [2.24, 2.45) is 11.8 Å². The van der Waals surface area contributed by atoms with Crippen LogP contribution in [0, 0.1) is 11.8 Å². The number of rotatable bonds is 6. The molecule has 138 valence electrons. The zero-order chi connectivity index (χ0) is 17.8. The van der Waals surface area contributed by atoms with Gasteiger partial charge in [0.05, 0.1) is 14.2 Å². The molecule has 0 amide bonds. The largest absolute Gasteiger partial charge is 0.497 e. The number of nitrogens with one attached hydrogen (secondary N) is 2. The Morgan fingerprint density at radius 1 is 1.24 bits per heavy atom. The van der Waals surface area contributed by atoms with Gasteiger partial charge < -0.3 is 20.1 Å². The molecule has 1 aromatic rings. The lowest BCUT2D eigenvalue weighted by atomic mass is 9.74. The van der Waals surface area contributed by atoms with Gasteiger partial charge in [-0.15, -0.1) is 0 Å². The van der Waals surface area contributed by atoms with Crippen molar-refractivity contribution in [1.29, 1.82) is 0 Å². The van der Waals surface area contributed by atoms with E-state index in [-0.39, 0.29) is 0 Å². The predicted molar refractivity (Wildman–Crippen MR) is 106 cm³/mol. The summed E-state index contributed by atoms with van der Waals surface area (Å²) in [5.74, 6) is 3.27. The highest BCUT2D eigenvalue weighted by Gasteiger charge is 2.38. The van der Waals surface area contributed by atoms with Gasteiger partial charge in [0.1, 0.15) is 11.5 Å². The maximum atomic E-state index is 5.47. The van der Waals surface area contributed by atoms with E-state index in [1.54, 1.807) is 14.2 Å². The van der Waals surface area contributed by atoms with E-state index in [0.29, 0.717) is 11.2 Å². The third-order valence-corrected chi connectivity index (χ3v) is 5.89. The molecule has 2 bridgehead atoms. The van der Waals surface area contributed by atoms with Gasteiger partial charge in [0.2, 0.25) is 0 Å². The minimum atomic E-state index is 0.598. The van der Waals surface area contributed by atoms with E-state index in [0.717, 1.165) is 35.6 Å². The fourth-order valence-electron chi connectivity index (χ4n) is 4.19. The molecule has 4 rings (SSSR count). The third kappa shape index (κ3) is 4.36. The highest BCUT2D eigenvalue weighted by Crippen LogP contribution is 2.37. The first-order valence-corrected chi connectivity index (χ1v) is 9.55. The van der Waals surface area contributed by atoms with Crippen LogP contribution in [0.4, 0.5) is 5.69 Å². The molecule has 5 nitrogen and oxygen atoms in total. The maximum absolute atomic E-state index is 5.47. The van der Waals surface area contributed by atoms with E-state index in [9.17, 15) is 0 Å². The molecule has 3 saturated heterocycles. The minimum absolute atomic E-state index is 0.598. The summed E-state index contributed by atoms with van der Waals surface area (Å²) in [4.78, 5) is 2.64. The number of piperidine rings is 3. The lowest BCUT2D eigenvalue weighted by Gasteiger charge is -2.50. The second-order valence-corrected chi connectivity index (χ2v) is 7.45. The van der Waals surface area contributed by atoms with Gasteiger partial charge in [0.15, 0.2) is 5.11 Å². The SMILES string of the molecule is CC[C@@H]1CN2CC[C@H]1C[C@@H]2CNC(=S)Nc1cc(OC)cc(OC)c1. The summed E-state index contributed by atoms with van der Waals surface area (Å²) in [7, 11) is 3.29. The third-order valence-electron chi connectivity index (χ3n) is 5.65. The zero-order valence-corrected chi connectivity index (χ0v) is 16.2. The summed E-state index contributed by atoms with van der Waals surface area (Å²) < 4.78 is 10.6. The van der Waals surface area contributed by atoms with Gasteiger partial charge in [-0.2, -0.15) is 0 Å². The lowest BCUT2D eigenvalue weighted by Crippen LogP contribution is -2.56. The number of hydrogen-bond donors (Lipinski definition) is 2. The van der Waals surface area contributed by atoms with Crippen molar-refractivity contribution in [2.75, 3.05) is 39.2 Å². The molecular formula is C19H29N3O2S. The van der Waals surface area contributed by atoms with Gasteiger partial charge in [-0.05, 0) is 43.4 Å². The Morgan fingerprint density at radius 3 is 2.52 bits per heavy atom. The summed E-state index contributed by atoms with van der Waals surface area (Å²) in [5.41, 5.74) is 0.866. The van der Waals surface area contributed by atoms with Crippen LogP contribution in [-0.2, 0) is 0 Å². The molecule has 4 atom stereocenters. The number of methoxy groups -OCH3 is 2. The van der Waals surface area contributed by atoms with Crippen molar-refractivity contribution in [3.8, 4) is 11.5 Å². The topological polar surface area (TPSA) is 45.8 Å². The molecule has 25 heavy (non-hydrogen) atoms. The van der Waals surface area contributed by atoms with Crippen LogP contribution in [-0.4, -0.2) is 49.9 Å². The van der Waals surface area contributed by atoms with Gasteiger partial charge in [0.25, 0.3) is 0 Å². The average molecular weight is 364 g/mol. The first-order chi connectivity index (χ1) is 12.1. The summed E-state index contributed by atoms with van der Waals surface area (Å²) in [6.07, 6.45) is 3.96. The van der Waals surface area contributed by atoms with E-state index in [2.05, 4.69) is 22.5 Å². The Hall–Kier alpha value is -1.53. The molecule has 0 radical (unpaired) electrons. The molecule has 3 heterocycles. The van der Waals surface area contributed by atoms with Crippen LogP contribution >= 0.6 is 12.2 Å². The van der Waals surface area contributed by atoms with Gasteiger partial charge in [-0.25, -0.2) is 0 Å². The number of anilines is 1. The first-order valence-electron chi connectivity index (χ1n) is 9.15. The van der Waals surface area contributed by atoms with Crippen molar-refractivity contribution in [2.45, 2.75) is 32.2 Å². The molecule has 2 N–H and O–H groups in total. The highest BCUT2D eigenvalue weighted by atomic mass is 32.1. The van der Waals surface area contributed by atoms with E-state index in [4.69, 9.17) is 21.7 Å². The molecule has 3 aliphatic rings. The minimum Gasteiger partial charge on any atom is -0.497 e. The first kappa shape index (κ1) is 18.3. The Bertz CT molecular complexity index is 588. The molecule has 6 heteroatoms. The molecule has 0 aliphatic carbocycles. The molecule has 0 aromatic heterocycles. The smallest absolute Gasteiger partial charge is 0.170 e. The Morgan fingerprint density at radius 2 is 1.96 bits per heavy atom. The number of thiocarbonyl (C=S) groups is 1. The Kier molecular flexibility index (Phi) is 6.02. The molecule has 3 fully saturated rings. The van der Waals surface area contributed by atoms with Crippen LogP contribution in [0.1, 0.15) is 26.2 Å². The molecule has 0 saturated carbocycles. The van der Waals surface area contributed by atoms with Gasteiger partial charge in [-0.3, -0.25) is 4.90 Å². The molecule has 3 aliphatic heterocycles. The Balaban J connectivity index is 1.52. The summed E-state index contributed by atoms with van der Waals surface area (Å²) >= 11 is 5.47. The van der Waals surface area contributed by atoms with E-state index < -0.39 is 0 Å². The van der Waals surface area contributed by atoms with Crippen molar-refractivity contribution in [3.63, 3.8) is 0 Å². The maximum Gasteiger partial charge on any atom is 0.170 e. The van der Waals surface area contributed by atoms with E-state index >= 15 is 0 Å². The van der Waals surface area contributed by atoms with Crippen molar-refractivity contribution >= 4 is 23.0 Å². The second kappa shape index (κ2) is 8.23. The van der Waals surface area contributed by atoms with Crippen molar-refractivity contribution in [3.05, 3.63) is 18.2 Å². The van der Waals surface area contributed by atoms with Crippen LogP contribution in [0.5, 0.6) is 11.5 Å². The van der Waals surface area contributed by atoms with Gasteiger partial charge in [-0.1, -0.05) is 13.3 Å². The van der Waals surface area contributed by atoms with Crippen LogP contribution in [0.2, 0.25) is 0 Å². The van der Waals surface area contributed by atoms with Crippen LogP contribution in [0.25, 0.3) is 0 Å². The van der Waals surface area contributed by atoms with Gasteiger partial charge >= 0.3 is 0 Å². The number of nitrogens with zero attached hydrogens (tertiary/aromatic N) is 1. The fourth-order valence-corrected chi connectivity index (χ4v) is 4.39. The van der Waals surface area contributed by atoms with Gasteiger partial charge in [0, 0.05) is 43.0 Å².